The molecule has 1 aliphatic rings. The van der Waals surface area contributed by atoms with Crippen LogP contribution in [0, 0.1) is 0 Å². The summed E-state index contributed by atoms with van der Waals surface area (Å²) in [6.07, 6.45) is 1.54. The van der Waals surface area contributed by atoms with Gasteiger partial charge in [-0.15, -0.1) is 0 Å². The Morgan fingerprint density at radius 3 is 3.27 bits per heavy atom. The number of halogens is 1. The summed E-state index contributed by atoms with van der Waals surface area (Å²) in [4.78, 5) is 13.9. The zero-order chi connectivity index (χ0) is 10.7. The first-order valence-electron chi connectivity index (χ1n) is 4.81. The van der Waals surface area contributed by atoms with Crippen molar-refractivity contribution in [1.29, 1.82) is 0 Å². The molecule has 0 spiro atoms. The summed E-state index contributed by atoms with van der Waals surface area (Å²) < 4.78 is 5.13. The molecular weight excluding hydrogens is 278 g/mol. The zero-order valence-electron chi connectivity index (χ0n) is 8.19. The molecule has 2 rings (SSSR count). The number of hydrogen-bond acceptors (Lipinski definition) is 3. The number of alkyl halides is 1. The van der Waals surface area contributed by atoms with E-state index in [9.17, 15) is 4.79 Å². The zero-order valence-corrected chi connectivity index (χ0v) is 10.6. The topological polar surface area (TPSA) is 33.5 Å². The summed E-state index contributed by atoms with van der Waals surface area (Å²) in [6, 6.07) is 3.74. The van der Waals surface area contributed by atoms with Crippen molar-refractivity contribution in [2.24, 2.45) is 0 Å². The minimum absolute atomic E-state index is 0.00440. The van der Waals surface area contributed by atoms with Crippen LogP contribution in [0.5, 0.6) is 0 Å². The van der Waals surface area contributed by atoms with Crippen LogP contribution in [-0.4, -0.2) is 40.2 Å². The Morgan fingerprint density at radius 1 is 1.73 bits per heavy atom. The van der Waals surface area contributed by atoms with Gasteiger partial charge in [0.15, 0.2) is 5.76 Å². The van der Waals surface area contributed by atoms with Gasteiger partial charge in [0, 0.05) is 23.4 Å². The normalized spacial score (nSPS) is 21.7. The fourth-order valence-corrected chi connectivity index (χ4v) is 3.54. The van der Waals surface area contributed by atoms with Crippen LogP contribution < -0.4 is 0 Å². The maximum atomic E-state index is 12.0. The molecule has 0 radical (unpaired) electrons. The summed E-state index contributed by atoms with van der Waals surface area (Å²) in [5.41, 5.74) is 0. The van der Waals surface area contributed by atoms with Crippen molar-refractivity contribution >= 4 is 33.6 Å². The summed E-state index contributed by atoms with van der Waals surface area (Å²) in [5, 5.41) is 0.826. The van der Waals surface area contributed by atoms with E-state index in [1.165, 1.54) is 6.26 Å². The molecule has 1 unspecified atom stereocenters. The molecule has 1 saturated heterocycles. The monoisotopic (exact) mass is 289 g/mol. The van der Waals surface area contributed by atoms with Gasteiger partial charge in [-0.2, -0.15) is 11.8 Å². The van der Waals surface area contributed by atoms with Gasteiger partial charge in [-0.1, -0.05) is 15.9 Å². The van der Waals surface area contributed by atoms with Gasteiger partial charge in [0.05, 0.1) is 12.3 Å². The van der Waals surface area contributed by atoms with E-state index in [4.69, 9.17) is 4.42 Å². The van der Waals surface area contributed by atoms with Gasteiger partial charge in [0.2, 0.25) is 0 Å². The molecule has 1 atom stereocenters. The fraction of sp³-hybridized carbons (Fsp3) is 0.500. The van der Waals surface area contributed by atoms with E-state index in [2.05, 4.69) is 15.9 Å². The molecule has 0 bridgehead atoms. The van der Waals surface area contributed by atoms with Gasteiger partial charge in [-0.05, 0) is 12.1 Å². The molecule has 82 valence electrons. The second-order valence-electron chi connectivity index (χ2n) is 3.36. The molecule has 2 heterocycles. The van der Waals surface area contributed by atoms with Crippen molar-refractivity contribution < 1.29 is 9.21 Å². The van der Waals surface area contributed by atoms with Gasteiger partial charge in [0.25, 0.3) is 5.91 Å². The molecule has 3 nitrogen and oxygen atoms in total. The minimum atomic E-state index is 0.00440. The van der Waals surface area contributed by atoms with Gasteiger partial charge >= 0.3 is 0 Å². The Kier molecular flexibility index (Phi) is 3.75. The number of nitrogens with zero attached hydrogens (tertiary/aromatic N) is 1. The predicted molar refractivity (Wildman–Crippen MR) is 64.7 cm³/mol. The third-order valence-electron chi connectivity index (χ3n) is 2.40. The third kappa shape index (κ3) is 2.39. The number of furan rings is 1. The molecule has 0 N–H and O–H groups in total. The Balaban J connectivity index is 2.11. The number of carbonyl (C=O) groups excluding carboxylic acids is 1. The maximum absolute atomic E-state index is 12.0. The molecule has 5 heteroatoms. The molecule has 1 amide bonds. The van der Waals surface area contributed by atoms with Crippen molar-refractivity contribution in [2.75, 3.05) is 23.4 Å². The van der Waals surface area contributed by atoms with E-state index in [-0.39, 0.29) is 11.9 Å². The highest BCUT2D eigenvalue weighted by atomic mass is 79.9. The highest BCUT2D eigenvalue weighted by molar-refractivity contribution is 9.09. The summed E-state index contributed by atoms with van der Waals surface area (Å²) in [5.74, 6) is 2.45. The van der Waals surface area contributed by atoms with E-state index in [1.807, 2.05) is 16.7 Å². The van der Waals surface area contributed by atoms with Crippen LogP contribution >= 0.6 is 27.7 Å². The SMILES string of the molecule is O=C(c1ccco1)N1CCSCC1CBr. The van der Waals surface area contributed by atoms with Gasteiger partial charge < -0.3 is 9.32 Å². The van der Waals surface area contributed by atoms with Crippen molar-refractivity contribution in [3.05, 3.63) is 24.2 Å². The van der Waals surface area contributed by atoms with Crippen molar-refractivity contribution in [3.8, 4) is 0 Å². The number of rotatable bonds is 2. The highest BCUT2D eigenvalue weighted by Crippen LogP contribution is 2.20. The van der Waals surface area contributed by atoms with Crippen LogP contribution in [0.1, 0.15) is 10.6 Å². The molecule has 15 heavy (non-hydrogen) atoms. The lowest BCUT2D eigenvalue weighted by Gasteiger charge is -2.33. The van der Waals surface area contributed by atoms with Crippen LogP contribution in [0.4, 0.5) is 0 Å². The number of amides is 1. The van der Waals surface area contributed by atoms with Gasteiger partial charge in [-0.3, -0.25) is 4.79 Å². The average molecular weight is 290 g/mol. The lowest BCUT2D eigenvalue weighted by molar-refractivity contribution is 0.0687. The quantitative estimate of drug-likeness (QED) is 0.783. The van der Waals surface area contributed by atoms with E-state index in [0.717, 1.165) is 23.4 Å². The first kappa shape index (κ1) is 11.1. The largest absolute Gasteiger partial charge is 0.459 e. The van der Waals surface area contributed by atoms with E-state index in [0.29, 0.717) is 5.76 Å². The standard InChI is InChI=1S/C10H12BrNO2S/c11-6-8-7-15-5-3-12(8)10(13)9-2-1-4-14-9/h1-2,4,8H,3,5-7H2. The van der Waals surface area contributed by atoms with Gasteiger partial charge in [-0.25, -0.2) is 0 Å². The van der Waals surface area contributed by atoms with E-state index >= 15 is 0 Å². The summed E-state index contributed by atoms with van der Waals surface area (Å²) in [7, 11) is 0. The molecule has 0 saturated carbocycles. The molecular formula is C10H12BrNO2S. The second kappa shape index (κ2) is 5.07. The van der Waals surface area contributed by atoms with Crippen LogP contribution in [0.15, 0.2) is 22.8 Å². The third-order valence-corrected chi connectivity index (χ3v) is 4.24. The predicted octanol–water partition coefficient (Wildman–Crippen LogP) is 2.23. The smallest absolute Gasteiger partial charge is 0.289 e. The molecule has 0 aromatic carbocycles. The molecule has 1 aromatic heterocycles. The Labute approximate surface area is 101 Å². The van der Waals surface area contributed by atoms with Crippen molar-refractivity contribution in [2.45, 2.75) is 6.04 Å². The fourth-order valence-electron chi connectivity index (χ4n) is 1.59. The molecule has 0 aliphatic carbocycles. The van der Waals surface area contributed by atoms with Crippen LogP contribution in [0.2, 0.25) is 0 Å². The summed E-state index contributed by atoms with van der Waals surface area (Å²) >= 11 is 5.34. The van der Waals surface area contributed by atoms with Gasteiger partial charge in [0.1, 0.15) is 0 Å². The second-order valence-corrected chi connectivity index (χ2v) is 5.16. The van der Waals surface area contributed by atoms with Crippen LogP contribution in [-0.2, 0) is 0 Å². The van der Waals surface area contributed by atoms with Crippen LogP contribution in [0.3, 0.4) is 0 Å². The number of hydrogen-bond donors (Lipinski definition) is 0. The molecule has 1 fully saturated rings. The maximum Gasteiger partial charge on any atom is 0.289 e. The van der Waals surface area contributed by atoms with Crippen molar-refractivity contribution in [1.82, 2.24) is 4.90 Å². The molecule has 1 aromatic rings. The van der Waals surface area contributed by atoms with Crippen LogP contribution in [0.25, 0.3) is 0 Å². The first-order chi connectivity index (χ1) is 7.33. The Hall–Kier alpha value is -0.420. The highest BCUT2D eigenvalue weighted by Gasteiger charge is 2.28. The Morgan fingerprint density at radius 2 is 2.60 bits per heavy atom. The lowest BCUT2D eigenvalue weighted by Crippen LogP contribution is -2.46. The van der Waals surface area contributed by atoms with E-state index < -0.39 is 0 Å². The average Bonchev–Trinajstić information content (AvgIpc) is 2.81. The first-order valence-corrected chi connectivity index (χ1v) is 7.08. The Bertz CT molecular complexity index is 328. The number of thioether (sulfide) groups is 1. The van der Waals surface area contributed by atoms with E-state index in [1.54, 1.807) is 12.1 Å². The number of carbonyl (C=O) groups is 1. The molecule has 1 aliphatic heterocycles. The summed E-state index contributed by atoms with van der Waals surface area (Å²) in [6.45, 7) is 0.806. The minimum Gasteiger partial charge on any atom is -0.459 e. The lowest BCUT2D eigenvalue weighted by atomic mass is 10.2. The van der Waals surface area contributed by atoms with Crippen molar-refractivity contribution in [3.63, 3.8) is 0 Å².